The van der Waals surface area contributed by atoms with Gasteiger partial charge in [0, 0.05) is 5.54 Å². The summed E-state index contributed by atoms with van der Waals surface area (Å²) in [5.74, 6) is 0. The summed E-state index contributed by atoms with van der Waals surface area (Å²) in [7, 11) is 0. The number of hydrogen-bond donors (Lipinski definition) is 1. The van der Waals surface area contributed by atoms with Gasteiger partial charge in [0.25, 0.3) is 0 Å². The summed E-state index contributed by atoms with van der Waals surface area (Å²) in [6.07, 6.45) is -1.28. The van der Waals surface area contributed by atoms with Gasteiger partial charge < -0.3 is 5.73 Å². The highest BCUT2D eigenvalue weighted by Crippen LogP contribution is 2.36. The van der Waals surface area contributed by atoms with Crippen LogP contribution in [0.4, 0.5) is 13.2 Å². The summed E-state index contributed by atoms with van der Waals surface area (Å²) in [6, 6.07) is 6.71. The molecule has 1 saturated carbocycles. The molecule has 0 spiro atoms. The number of alkyl halides is 3. The number of aryl methyl sites for hydroxylation is 1. The predicted molar refractivity (Wildman–Crippen MR) is 60.7 cm³/mol. The fraction of sp³-hybridized carbons (Fsp3) is 0.538. The van der Waals surface area contributed by atoms with Crippen LogP contribution in [0.25, 0.3) is 0 Å². The summed E-state index contributed by atoms with van der Waals surface area (Å²) in [5.41, 5.74) is 7.19. The Labute approximate surface area is 98.8 Å². The van der Waals surface area contributed by atoms with Crippen LogP contribution in [-0.4, -0.2) is 11.7 Å². The molecule has 2 rings (SSSR count). The predicted octanol–water partition coefficient (Wildman–Crippen LogP) is 3.22. The van der Waals surface area contributed by atoms with Gasteiger partial charge in [0.05, 0.1) is 6.42 Å². The summed E-state index contributed by atoms with van der Waals surface area (Å²) in [4.78, 5) is 0. The van der Waals surface area contributed by atoms with Crippen LogP contribution in [0.15, 0.2) is 24.3 Å². The first kappa shape index (κ1) is 12.4. The van der Waals surface area contributed by atoms with E-state index in [1.165, 1.54) is 6.07 Å². The highest BCUT2D eigenvalue weighted by molar-refractivity contribution is 5.25. The maximum absolute atomic E-state index is 12.2. The molecule has 94 valence electrons. The van der Waals surface area contributed by atoms with E-state index in [9.17, 15) is 13.2 Å². The fourth-order valence-corrected chi connectivity index (χ4v) is 1.93. The molecule has 2 N–H and O–H groups in total. The molecule has 0 heterocycles. The molecule has 0 aromatic heterocycles. The van der Waals surface area contributed by atoms with Crippen molar-refractivity contribution in [2.24, 2.45) is 5.73 Å². The van der Waals surface area contributed by atoms with Gasteiger partial charge in [-0.05, 0) is 36.8 Å². The van der Waals surface area contributed by atoms with Crippen molar-refractivity contribution in [2.45, 2.75) is 43.8 Å². The third-order valence-electron chi connectivity index (χ3n) is 3.20. The van der Waals surface area contributed by atoms with Crippen LogP contribution in [0.2, 0.25) is 0 Å². The van der Waals surface area contributed by atoms with Crippen molar-refractivity contribution < 1.29 is 13.2 Å². The first-order chi connectivity index (χ1) is 7.86. The number of rotatable bonds is 4. The van der Waals surface area contributed by atoms with Crippen molar-refractivity contribution in [3.05, 3.63) is 35.4 Å². The maximum atomic E-state index is 12.2. The van der Waals surface area contributed by atoms with Crippen LogP contribution in [0.3, 0.4) is 0 Å². The molecule has 1 aromatic rings. The third kappa shape index (κ3) is 4.04. The van der Waals surface area contributed by atoms with E-state index in [1.54, 1.807) is 12.1 Å². The second-order valence-electron chi connectivity index (χ2n) is 4.97. The van der Waals surface area contributed by atoms with Gasteiger partial charge in [-0.1, -0.05) is 24.3 Å². The minimum Gasteiger partial charge on any atom is -0.325 e. The Morgan fingerprint density at radius 1 is 1.18 bits per heavy atom. The second-order valence-corrected chi connectivity index (χ2v) is 4.97. The molecule has 0 atom stereocenters. The molecular weight excluding hydrogens is 227 g/mol. The van der Waals surface area contributed by atoms with E-state index in [2.05, 4.69) is 0 Å². The lowest BCUT2D eigenvalue weighted by Crippen LogP contribution is -2.22. The van der Waals surface area contributed by atoms with Gasteiger partial charge in [0.1, 0.15) is 0 Å². The van der Waals surface area contributed by atoms with Gasteiger partial charge in [-0.15, -0.1) is 0 Å². The molecule has 4 heteroatoms. The van der Waals surface area contributed by atoms with Gasteiger partial charge in [-0.25, -0.2) is 0 Å². The number of hydrogen-bond acceptors (Lipinski definition) is 1. The first-order valence-corrected chi connectivity index (χ1v) is 5.80. The van der Waals surface area contributed by atoms with E-state index < -0.39 is 12.6 Å². The van der Waals surface area contributed by atoms with Crippen molar-refractivity contribution >= 4 is 0 Å². The summed E-state index contributed by atoms with van der Waals surface area (Å²) >= 11 is 0. The van der Waals surface area contributed by atoms with Gasteiger partial charge in [-0.3, -0.25) is 0 Å². The quantitative estimate of drug-likeness (QED) is 0.863. The van der Waals surface area contributed by atoms with Crippen molar-refractivity contribution in [1.29, 1.82) is 0 Å². The first-order valence-electron chi connectivity index (χ1n) is 5.80. The third-order valence-corrected chi connectivity index (χ3v) is 3.20. The lowest BCUT2D eigenvalue weighted by Gasteiger charge is -2.10. The summed E-state index contributed by atoms with van der Waals surface area (Å²) < 4.78 is 36.7. The molecule has 1 aromatic carbocycles. The number of nitrogens with two attached hydrogens (primary N) is 1. The minimum absolute atomic E-state index is 0.0416. The van der Waals surface area contributed by atoms with E-state index in [-0.39, 0.29) is 5.54 Å². The Kier molecular flexibility index (Phi) is 3.17. The average molecular weight is 243 g/mol. The molecule has 0 amide bonds. The van der Waals surface area contributed by atoms with Crippen LogP contribution >= 0.6 is 0 Å². The Hall–Kier alpha value is -1.03. The Morgan fingerprint density at radius 3 is 2.41 bits per heavy atom. The molecule has 0 bridgehead atoms. The molecule has 1 fully saturated rings. The molecular formula is C13H16F3N. The Morgan fingerprint density at radius 2 is 1.82 bits per heavy atom. The summed E-state index contributed by atoms with van der Waals surface area (Å²) in [5, 5.41) is 0. The highest BCUT2D eigenvalue weighted by Gasteiger charge is 2.37. The molecule has 17 heavy (non-hydrogen) atoms. The zero-order chi connectivity index (χ0) is 12.5. The molecule has 0 unspecified atom stereocenters. The van der Waals surface area contributed by atoms with Gasteiger partial charge in [-0.2, -0.15) is 13.2 Å². The van der Waals surface area contributed by atoms with E-state index in [4.69, 9.17) is 5.73 Å². The van der Waals surface area contributed by atoms with Crippen LogP contribution in [0, 0.1) is 0 Å². The van der Waals surface area contributed by atoms with E-state index in [0.717, 1.165) is 31.2 Å². The van der Waals surface area contributed by atoms with Gasteiger partial charge >= 0.3 is 6.18 Å². The molecule has 0 saturated heterocycles. The largest absolute Gasteiger partial charge is 0.393 e. The Bertz CT molecular complexity index is 394. The van der Waals surface area contributed by atoms with Crippen LogP contribution in [0.5, 0.6) is 0 Å². The zero-order valence-electron chi connectivity index (χ0n) is 9.56. The summed E-state index contributed by atoms with van der Waals surface area (Å²) in [6.45, 7) is 0. The molecule has 0 aliphatic heterocycles. The SMILES string of the molecule is NC1(CCc2cccc(CC(F)(F)F)c2)CC1. The molecule has 1 nitrogen and oxygen atoms in total. The molecule has 0 radical (unpaired) electrons. The second kappa shape index (κ2) is 4.33. The van der Waals surface area contributed by atoms with Crippen molar-refractivity contribution in [2.75, 3.05) is 0 Å². The van der Waals surface area contributed by atoms with E-state index >= 15 is 0 Å². The zero-order valence-corrected chi connectivity index (χ0v) is 9.56. The molecule has 1 aliphatic rings. The lowest BCUT2D eigenvalue weighted by atomic mass is 10.0. The van der Waals surface area contributed by atoms with Crippen molar-refractivity contribution in [1.82, 2.24) is 0 Å². The van der Waals surface area contributed by atoms with Crippen molar-refractivity contribution in [3.63, 3.8) is 0 Å². The smallest absolute Gasteiger partial charge is 0.325 e. The lowest BCUT2D eigenvalue weighted by molar-refractivity contribution is -0.127. The number of benzene rings is 1. The topological polar surface area (TPSA) is 26.0 Å². The van der Waals surface area contributed by atoms with Gasteiger partial charge in [0.15, 0.2) is 0 Å². The van der Waals surface area contributed by atoms with Gasteiger partial charge in [0.2, 0.25) is 0 Å². The molecule has 1 aliphatic carbocycles. The van der Waals surface area contributed by atoms with E-state index in [0.29, 0.717) is 5.56 Å². The monoisotopic (exact) mass is 243 g/mol. The van der Waals surface area contributed by atoms with Crippen molar-refractivity contribution in [3.8, 4) is 0 Å². The standard InChI is InChI=1S/C13H16F3N/c14-13(15,16)9-11-3-1-2-10(8-11)4-5-12(17)6-7-12/h1-3,8H,4-7,9,17H2. The van der Waals surface area contributed by atoms with Crippen LogP contribution in [-0.2, 0) is 12.8 Å². The van der Waals surface area contributed by atoms with Crippen LogP contribution in [0.1, 0.15) is 30.4 Å². The normalized spacial score (nSPS) is 18.1. The van der Waals surface area contributed by atoms with E-state index in [1.807, 2.05) is 6.07 Å². The maximum Gasteiger partial charge on any atom is 0.393 e. The Balaban J connectivity index is 1.96. The number of halogens is 3. The highest BCUT2D eigenvalue weighted by atomic mass is 19.4. The van der Waals surface area contributed by atoms with Crippen LogP contribution < -0.4 is 5.73 Å². The average Bonchev–Trinajstić information content (AvgIpc) is 2.93. The fourth-order valence-electron chi connectivity index (χ4n) is 1.93. The minimum atomic E-state index is -4.13.